The number of imide groups is 1. The molecule has 6 heterocycles. The number of methoxy groups -OCH3 is 3. The lowest BCUT2D eigenvalue weighted by atomic mass is 9.56. The fourth-order valence-corrected chi connectivity index (χ4v) is 11.9. The second kappa shape index (κ2) is 15.5. The molecule has 4 atom stereocenters. The number of hydrogen-bond acceptors (Lipinski definition) is 12. The van der Waals surface area contributed by atoms with Gasteiger partial charge in [0.05, 0.1) is 66.2 Å². The van der Waals surface area contributed by atoms with Crippen molar-refractivity contribution in [2.45, 2.75) is 51.7 Å². The molecule has 0 radical (unpaired) electrons. The minimum Gasteiger partial charge on any atom is -0.503 e. The Bertz CT molecular complexity index is 3490. The number of fused-ring (bicyclic) bond motifs is 6. The van der Waals surface area contributed by atoms with Crippen LogP contribution in [-0.2, 0) is 43.2 Å². The first-order chi connectivity index (χ1) is 31.5. The van der Waals surface area contributed by atoms with Crippen LogP contribution in [0.4, 0.5) is 5.82 Å². The van der Waals surface area contributed by atoms with Crippen LogP contribution in [-0.4, -0.2) is 71.5 Å². The lowest BCUT2D eigenvalue weighted by molar-refractivity contribution is -0.129. The number of allylic oxidation sites excluding steroid dienone is 2. The van der Waals surface area contributed by atoms with Gasteiger partial charge >= 0.3 is 11.4 Å². The fourth-order valence-electron chi connectivity index (χ4n) is 10.3. The van der Waals surface area contributed by atoms with Crippen molar-refractivity contribution in [3.8, 4) is 33.6 Å². The number of aryl methyl sites for hydroxylation is 4. The van der Waals surface area contributed by atoms with Crippen molar-refractivity contribution < 1.29 is 28.9 Å². The van der Waals surface area contributed by atoms with Gasteiger partial charge in [0, 0.05) is 60.9 Å². The van der Waals surface area contributed by atoms with Gasteiger partial charge in [0.2, 0.25) is 11.8 Å². The van der Waals surface area contributed by atoms with Crippen LogP contribution in [0.1, 0.15) is 42.1 Å². The molecule has 66 heavy (non-hydrogen) atoms. The fraction of sp³-hybridized carbons (Fsp3) is 0.326. The van der Waals surface area contributed by atoms with E-state index in [2.05, 4.69) is 4.98 Å². The number of aromatic hydroxyl groups is 1. The van der Waals surface area contributed by atoms with E-state index in [4.69, 9.17) is 42.5 Å². The highest BCUT2D eigenvalue weighted by atomic mass is 35.5. The van der Waals surface area contributed by atoms with E-state index in [-0.39, 0.29) is 54.0 Å². The number of carbonyl (C=O) groups excluding carboxylic acids is 2. The van der Waals surface area contributed by atoms with Crippen molar-refractivity contribution >= 4 is 73.3 Å². The highest BCUT2D eigenvalue weighted by Gasteiger charge is 2.66. The van der Waals surface area contributed by atoms with E-state index in [1.807, 2.05) is 31.2 Å². The minimum atomic E-state index is -1.46. The average molecular weight is 954 g/mol. The zero-order valence-electron chi connectivity index (χ0n) is 36.7. The first-order valence-corrected chi connectivity index (χ1v) is 22.5. The largest absolute Gasteiger partial charge is 0.503 e. The van der Waals surface area contributed by atoms with E-state index < -0.39 is 52.0 Å². The summed E-state index contributed by atoms with van der Waals surface area (Å²) in [6.07, 6.45) is 1.75. The van der Waals surface area contributed by atoms with Gasteiger partial charge in [0.15, 0.2) is 23.0 Å². The zero-order chi connectivity index (χ0) is 46.8. The molecular weight excluding hydrogens is 912 g/mol. The van der Waals surface area contributed by atoms with Crippen LogP contribution in [0.5, 0.6) is 23.0 Å². The number of thiophene rings is 1. The van der Waals surface area contributed by atoms with Crippen molar-refractivity contribution in [2.24, 2.45) is 25.4 Å². The molecule has 3 aromatic carbocycles. The van der Waals surface area contributed by atoms with Crippen LogP contribution in [0.2, 0.25) is 10.0 Å². The van der Waals surface area contributed by atoms with Crippen LogP contribution in [0.15, 0.2) is 74.6 Å². The van der Waals surface area contributed by atoms with Crippen LogP contribution in [0.25, 0.3) is 31.7 Å². The number of aromatic nitrogens is 7. The lowest BCUT2D eigenvalue weighted by Gasteiger charge is -2.47. The molecule has 3 aliphatic rings. The number of nitrogens with zero attached hydrogens (tertiary/aromatic N) is 8. The molecule has 340 valence electrons. The van der Waals surface area contributed by atoms with E-state index in [1.165, 1.54) is 62.2 Å². The number of phenolic OH excluding ortho intramolecular Hbond substituents is 1. The van der Waals surface area contributed by atoms with Gasteiger partial charge in [-0.1, -0.05) is 29.3 Å². The smallest absolute Gasteiger partial charge is 0.347 e. The summed E-state index contributed by atoms with van der Waals surface area (Å²) in [7, 11) is 7.63. The topological polar surface area (TPSA) is 187 Å². The molecule has 1 saturated heterocycles. The highest BCUT2D eigenvalue weighted by Crippen LogP contribution is 2.62. The third-order valence-electron chi connectivity index (χ3n) is 13.7. The summed E-state index contributed by atoms with van der Waals surface area (Å²) in [5.41, 5.74) is 0.538. The van der Waals surface area contributed by atoms with Gasteiger partial charge in [-0.05, 0) is 72.7 Å². The van der Waals surface area contributed by atoms with Crippen molar-refractivity contribution in [1.29, 1.82) is 0 Å². The molecule has 20 heteroatoms. The molecule has 7 aromatic rings. The summed E-state index contributed by atoms with van der Waals surface area (Å²) in [5, 5.41) is 17.1. The van der Waals surface area contributed by atoms with Crippen molar-refractivity contribution in [3.63, 3.8) is 0 Å². The van der Waals surface area contributed by atoms with Crippen molar-refractivity contribution in [1.82, 2.24) is 33.3 Å². The standard InChI is InChI=1S/C46H42Cl2N8O9S/c1-21-25-16-23(47)8-9-36(25)66-40(21)30-19-37(52(4)50-30)55-41(58)26-17-31-24(38(46(26,2)43(55)60)22-14-27(48)39(57)35(15-22)65-7)10-13-54-44(61)53(45(62)56(31)54)12-11-28-42(59)51(3)32-20-34(64-6)33(63-5)18-29(32)49-28/h8-10,14-16,18-20,26,31,38,57H,11-13,17H2,1-7H3/t26-,31+,38-,46+/m0/s1. The summed E-state index contributed by atoms with van der Waals surface area (Å²) < 4.78 is 24.1. The number of hydrogen-bond donors (Lipinski definition) is 1. The molecule has 2 aliphatic heterocycles. The van der Waals surface area contributed by atoms with Crippen LogP contribution < -0.4 is 36.0 Å². The molecule has 0 bridgehead atoms. The van der Waals surface area contributed by atoms with Crippen molar-refractivity contribution in [2.75, 3.05) is 26.2 Å². The molecule has 4 aromatic heterocycles. The number of amides is 2. The Morgan fingerprint density at radius 3 is 2.38 bits per heavy atom. The highest BCUT2D eigenvalue weighted by molar-refractivity contribution is 7.22. The molecular formula is C46H42Cl2N8O9S. The van der Waals surface area contributed by atoms with E-state index in [9.17, 15) is 19.5 Å². The van der Waals surface area contributed by atoms with E-state index in [0.717, 1.165) is 25.1 Å². The maximum absolute atomic E-state index is 15.3. The van der Waals surface area contributed by atoms with Gasteiger partial charge in [-0.3, -0.25) is 19.1 Å². The maximum atomic E-state index is 15.3. The van der Waals surface area contributed by atoms with Crippen LogP contribution in [0, 0.1) is 18.3 Å². The Balaban J connectivity index is 1.06. The normalized spacial score (nSPS) is 20.2. The number of benzene rings is 3. The molecule has 1 aliphatic carbocycles. The first-order valence-electron chi connectivity index (χ1n) is 20.9. The molecule has 0 spiro atoms. The molecule has 2 fully saturated rings. The number of carbonyl (C=O) groups is 2. The monoisotopic (exact) mass is 952 g/mol. The first kappa shape index (κ1) is 43.3. The minimum absolute atomic E-state index is 0.00875. The van der Waals surface area contributed by atoms with Crippen molar-refractivity contribution in [3.05, 3.63) is 118 Å². The third kappa shape index (κ3) is 6.14. The summed E-state index contributed by atoms with van der Waals surface area (Å²) in [5.74, 6) is -2.06. The quantitative estimate of drug-likeness (QED) is 0.130. The second-order valence-corrected chi connectivity index (χ2v) is 18.9. The predicted octanol–water partition coefficient (Wildman–Crippen LogP) is 6.13. The SMILES string of the molecule is COc1cc2nc(CCn3c(=O)n4n(c3=O)[C@@H]3C[C@H]5C(=O)N(c6cc(-c7sc8ccc(Cl)cc8c7C)nn6C)C(=O)[C@@]5(C)[C@@H](c5cc(Cl)c(O)c(OC)c5)C3=CC4)c(=O)n(C)c2cc1OC. The summed E-state index contributed by atoms with van der Waals surface area (Å²) in [6.45, 7) is 3.50. The predicted molar refractivity (Wildman–Crippen MR) is 249 cm³/mol. The second-order valence-electron chi connectivity index (χ2n) is 17.0. The Morgan fingerprint density at radius 1 is 0.924 bits per heavy atom. The Morgan fingerprint density at radius 2 is 1.65 bits per heavy atom. The molecule has 10 rings (SSSR count). The summed E-state index contributed by atoms with van der Waals surface area (Å²) >= 11 is 14.5. The van der Waals surface area contributed by atoms with Gasteiger partial charge in [0.25, 0.3) is 5.56 Å². The Kier molecular flexibility index (Phi) is 10.2. The van der Waals surface area contributed by atoms with Crippen LogP contribution >= 0.6 is 34.5 Å². The summed E-state index contributed by atoms with van der Waals surface area (Å²) in [4.78, 5) is 79.5. The van der Waals surface area contributed by atoms with E-state index in [1.54, 1.807) is 45.3 Å². The number of halogens is 2. The van der Waals surface area contributed by atoms with E-state index in [0.29, 0.717) is 44.4 Å². The number of anilines is 1. The average Bonchev–Trinajstić information content (AvgIpc) is 3.97. The third-order valence-corrected chi connectivity index (χ3v) is 15.5. The molecule has 0 unspecified atom stereocenters. The maximum Gasteiger partial charge on any atom is 0.347 e. The van der Waals surface area contributed by atoms with Gasteiger partial charge in [0.1, 0.15) is 17.2 Å². The van der Waals surface area contributed by atoms with Gasteiger partial charge in [-0.15, -0.1) is 11.3 Å². The zero-order valence-corrected chi connectivity index (χ0v) is 39.0. The van der Waals surface area contributed by atoms with Gasteiger partial charge in [-0.25, -0.2) is 33.4 Å². The molecule has 17 nitrogen and oxygen atoms in total. The van der Waals surface area contributed by atoms with E-state index >= 15 is 9.59 Å². The molecule has 1 N–H and O–H groups in total. The van der Waals surface area contributed by atoms with Gasteiger partial charge < -0.3 is 23.9 Å². The lowest BCUT2D eigenvalue weighted by Crippen LogP contribution is -2.49. The molecule has 2 amide bonds. The number of ether oxygens (including phenoxy) is 3. The number of rotatable bonds is 9. The Labute approximate surface area is 389 Å². The Hall–Kier alpha value is -6.63. The summed E-state index contributed by atoms with van der Waals surface area (Å²) in [6, 6.07) is 12.9. The number of phenols is 1. The molecule has 1 saturated carbocycles. The van der Waals surface area contributed by atoms with Gasteiger partial charge in [-0.2, -0.15) is 5.10 Å². The van der Waals surface area contributed by atoms with Crippen LogP contribution in [0.3, 0.4) is 0 Å².